The normalized spacial score (nSPS) is 22.4. The predicted octanol–water partition coefficient (Wildman–Crippen LogP) is 0.338. The number of nitrogen functional groups attached to an aromatic ring is 1. The van der Waals surface area contributed by atoms with Crippen LogP contribution >= 0.6 is 11.5 Å². The van der Waals surface area contributed by atoms with E-state index in [1.54, 1.807) is 0 Å². The number of hydrogen-bond acceptors (Lipinski definition) is 6. The van der Waals surface area contributed by atoms with E-state index in [-0.39, 0.29) is 12.1 Å². The van der Waals surface area contributed by atoms with Crippen LogP contribution in [0, 0.1) is 0 Å². The molecule has 0 aromatic carbocycles. The third-order valence-electron chi connectivity index (χ3n) is 3.47. The zero-order chi connectivity index (χ0) is 13.4. The van der Waals surface area contributed by atoms with Crippen LogP contribution in [0.5, 0.6) is 5.75 Å². The van der Waals surface area contributed by atoms with Gasteiger partial charge in [0.15, 0.2) is 16.6 Å². The van der Waals surface area contributed by atoms with Gasteiger partial charge in [-0.3, -0.25) is 0 Å². The van der Waals surface area contributed by atoms with Crippen LogP contribution in [-0.4, -0.2) is 54.1 Å². The summed E-state index contributed by atoms with van der Waals surface area (Å²) >= 11 is 1.36. The number of carbonyl (C=O) groups is 1. The molecule has 1 atom stereocenters. The zero-order valence-corrected chi connectivity index (χ0v) is 11.6. The largest absolute Gasteiger partial charge is 0.487 e. The van der Waals surface area contributed by atoms with E-state index in [0.717, 1.165) is 24.6 Å². The van der Waals surface area contributed by atoms with Gasteiger partial charge in [-0.1, -0.05) is 0 Å². The number of carbonyl (C=O) groups excluding carboxylic acids is 1. The fourth-order valence-corrected chi connectivity index (χ4v) is 3.35. The first-order chi connectivity index (χ1) is 9.20. The molecule has 2 saturated heterocycles. The molecule has 0 spiro atoms. The van der Waals surface area contributed by atoms with Crippen LogP contribution in [0.15, 0.2) is 0 Å². The highest BCUT2D eigenvalue weighted by molar-refractivity contribution is 7.11. The Labute approximate surface area is 115 Å². The minimum absolute atomic E-state index is 0.0403. The molecule has 7 nitrogen and oxygen atoms in total. The molecule has 0 bridgehead atoms. The fourth-order valence-electron chi connectivity index (χ4n) is 2.55. The van der Waals surface area contributed by atoms with Crippen molar-refractivity contribution in [2.45, 2.75) is 13.0 Å². The van der Waals surface area contributed by atoms with E-state index < -0.39 is 0 Å². The number of piperazine rings is 1. The number of nitrogens with one attached hydrogen (secondary N) is 1. The van der Waals surface area contributed by atoms with Crippen LogP contribution in [-0.2, 0) is 0 Å². The predicted molar refractivity (Wildman–Crippen MR) is 73.8 cm³/mol. The molecule has 2 aliphatic rings. The summed E-state index contributed by atoms with van der Waals surface area (Å²) in [5.41, 5.74) is 5.83. The van der Waals surface area contributed by atoms with Crippen molar-refractivity contribution in [3.8, 4) is 5.75 Å². The Hall–Kier alpha value is -1.70. The first kappa shape index (κ1) is 12.3. The number of aromatic nitrogens is 1. The molecule has 0 aliphatic carbocycles. The topological polar surface area (TPSA) is 83.7 Å². The molecule has 1 aromatic rings. The number of ether oxygens (including phenoxy) is 1. The van der Waals surface area contributed by atoms with Gasteiger partial charge in [0.05, 0.1) is 12.6 Å². The third kappa shape index (κ3) is 2.05. The van der Waals surface area contributed by atoms with Gasteiger partial charge in [-0.15, -0.1) is 0 Å². The minimum atomic E-state index is 0.0403. The Kier molecular flexibility index (Phi) is 3.09. The second kappa shape index (κ2) is 4.76. The number of amides is 2. The Morgan fingerprint density at radius 3 is 3.21 bits per heavy atom. The molecule has 0 radical (unpaired) electrons. The summed E-state index contributed by atoms with van der Waals surface area (Å²) in [7, 11) is 0. The Balaban J connectivity index is 1.79. The van der Waals surface area contributed by atoms with Gasteiger partial charge in [-0.05, 0) is 18.5 Å². The van der Waals surface area contributed by atoms with Crippen molar-refractivity contribution in [1.29, 1.82) is 0 Å². The quantitative estimate of drug-likeness (QED) is 0.835. The van der Waals surface area contributed by atoms with Crippen LogP contribution in [0.4, 0.5) is 15.6 Å². The van der Waals surface area contributed by atoms with E-state index in [2.05, 4.69) is 14.6 Å². The van der Waals surface area contributed by atoms with Crippen molar-refractivity contribution in [3.63, 3.8) is 0 Å². The molecule has 2 fully saturated rings. The van der Waals surface area contributed by atoms with E-state index in [9.17, 15) is 4.79 Å². The zero-order valence-electron chi connectivity index (χ0n) is 10.8. The monoisotopic (exact) mass is 283 g/mol. The van der Waals surface area contributed by atoms with Crippen molar-refractivity contribution in [1.82, 2.24) is 14.6 Å². The number of nitrogens with zero attached hydrogens (tertiary/aromatic N) is 3. The SMILES string of the molecule is CCOc1c(N)nsc1N1CCN2C(=O)NCC2C1. The molecule has 2 amide bonds. The third-order valence-corrected chi connectivity index (χ3v) is 4.37. The van der Waals surface area contributed by atoms with Crippen LogP contribution in [0.2, 0.25) is 0 Å². The number of anilines is 2. The number of urea groups is 1. The molecule has 8 heteroatoms. The van der Waals surface area contributed by atoms with Crippen LogP contribution in [0.1, 0.15) is 6.92 Å². The highest BCUT2D eigenvalue weighted by Crippen LogP contribution is 2.39. The number of nitrogens with two attached hydrogens (primary N) is 1. The number of hydrogen-bond donors (Lipinski definition) is 2. The smallest absolute Gasteiger partial charge is 0.317 e. The van der Waals surface area contributed by atoms with Gasteiger partial charge in [0.2, 0.25) is 0 Å². The molecule has 1 aromatic heterocycles. The lowest BCUT2D eigenvalue weighted by molar-refractivity contribution is 0.197. The maximum absolute atomic E-state index is 11.6. The van der Waals surface area contributed by atoms with Gasteiger partial charge >= 0.3 is 6.03 Å². The summed E-state index contributed by atoms with van der Waals surface area (Å²) in [6.45, 7) is 5.50. The van der Waals surface area contributed by atoms with E-state index >= 15 is 0 Å². The minimum Gasteiger partial charge on any atom is -0.487 e. The highest BCUT2D eigenvalue weighted by Gasteiger charge is 2.36. The standard InChI is InChI=1S/C11H17N5O2S/c1-2-18-8-9(12)14-19-10(8)15-3-4-16-7(6-15)5-13-11(16)17/h7H,2-6H2,1H3,(H2,12,14)(H,13,17). The molecular formula is C11H17N5O2S. The van der Waals surface area contributed by atoms with Crippen LogP contribution in [0.25, 0.3) is 0 Å². The van der Waals surface area contributed by atoms with Crippen molar-refractivity contribution in [2.24, 2.45) is 0 Å². The van der Waals surface area contributed by atoms with Gasteiger partial charge in [0.25, 0.3) is 0 Å². The van der Waals surface area contributed by atoms with E-state index in [0.29, 0.717) is 24.7 Å². The molecular weight excluding hydrogens is 266 g/mol. The maximum Gasteiger partial charge on any atom is 0.317 e. The van der Waals surface area contributed by atoms with Gasteiger partial charge < -0.3 is 25.6 Å². The van der Waals surface area contributed by atoms with Crippen molar-refractivity contribution in [2.75, 3.05) is 43.4 Å². The Morgan fingerprint density at radius 1 is 1.58 bits per heavy atom. The second-order valence-corrected chi connectivity index (χ2v) is 5.37. The number of fused-ring (bicyclic) bond motifs is 1. The summed E-state index contributed by atoms with van der Waals surface area (Å²) in [5, 5.41) is 3.84. The van der Waals surface area contributed by atoms with Gasteiger partial charge in [-0.25, -0.2) is 4.79 Å². The summed E-state index contributed by atoms with van der Waals surface area (Å²) in [6, 6.07) is 0.262. The molecule has 104 valence electrons. The highest BCUT2D eigenvalue weighted by atomic mass is 32.1. The summed E-state index contributed by atoms with van der Waals surface area (Å²) in [6.07, 6.45) is 0. The molecule has 3 rings (SSSR count). The average Bonchev–Trinajstić information content (AvgIpc) is 2.95. The van der Waals surface area contributed by atoms with E-state index in [4.69, 9.17) is 10.5 Å². The van der Waals surface area contributed by atoms with E-state index in [1.807, 2.05) is 11.8 Å². The first-order valence-corrected chi connectivity index (χ1v) is 7.15. The van der Waals surface area contributed by atoms with E-state index in [1.165, 1.54) is 11.5 Å². The average molecular weight is 283 g/mol. The molecule has 1 unspecified atom stereocenters. The maximum atomic E-state index is 11.6. The lowest BCUT2D eigenvalue weighted by Gasteiger charge is -2.36. The fraction of sp³-hybridized carbons (Fsp3) is 0.636. The summed E-state index contributed by atoms with van der Waals surface area (Å²) in [4.78, 5) is 15.7. The molecule has 19 heavy (non-hydrogen) atoms. The van der Waals surface area contributed by atoms with Crippen molar-refractivity contribution in [3.05, 3.63) is 0 Å². The lowest BCUT2D eigenvalue weighted by atomic mass is 10.2. The van der Waals surface area contributed by atoms with Crippen molar-refractivity contribution < 1.29 is 9.53 Å². The van der Waals surface area contributed by atoms with Crippen LogP contribution in [0.3, 0.4) is 0 Å². The lowest BCUT2D eigenvalue weighted by Crippen LogP contribution is -2.52. The molecule has 3 heterocycles. The molecule has 3 N–H and O–H groups in total. The summed E-state index contributed by atoms with van der Waals surface area (Å²) in [5.74, 6) is 1.13. The molecule has 0 saturated carbocycles. The van der Waals surface area contributed by atoms with Gasteiger partial charge in [-0.2, -0.15) is 4.37 Å². The Morgan fingerprint density at radius 2 is 2.42 bits per heavy atom. The van der Waals surface area contributed by atoms with Gasteiger partial charge in [0.1, 0.15) is 0 Å². The first-order valence-electron chi connectivity index (χ1n) is 6.38. The summed E-state index contributed by atoms with van der Waals surface area (Å²) < 4.78 is 9.75. The molecule has 2 aliphatic heterocycles. The van der Waals surface area contributed by atoms with Gasteiger partial charge in [0, 0.05) is 26.2 Å². The van der Waals surface area contributed by atoms with Crippen LogP contribution < -0.4 is 20.7 Å². The Bertz CT molecular complexity index is 491. The van der Waals surface area contributed by atoms with Crippen molar-refractivity contribution >= 4 is 28.4 Å². The number of rotatable bonds is 3. The second-order valence-electron chi connectivity index (χ2n) is 4.61.